The number of carbonyl (C=O) groups is 1. The van der Waals surface area contributed by atoms with E-state index in [1.165, 1.54) is 11.1 Å². The van der Waals surface area contributed by atoms with Crippen LogP contribution in [0.15, 0.2) is 73.1 Å². The monoisotopic (exact) mass is 504 g/mol. The maximum atomic E-state index is 13.9. The Morgan fingerprint density at radius 2 is 1.78 bits per heavy atom. The van der Waals surface area contributed by atoms with E-state index in [-0.39, 0.29) is 30.3 Å². The van der Waals surface area contributed by atoms with Crippen LogP contribution in [-0.4, -0.2) is 34.1 Å². The van der Waals surface area contributed by atoms with Crippen molar-refractivity contribution in [2.24, 2.45) is 0 Å². The van der Waals surface area contributed by atoms with Crippen LogP contribution in [0.5, 0.6) is 0 Å². The Morgan fingerprint density at radius 3 is 2.54 bits per heavy atom. The number of aliphatic hydroxyl groups is 1. The van der Waals surface area contributed by atoms with Crippen molar-refractivity contribution in [2.45, 2.75) is 18.9 Å². The number of benzene rings is 2. The normalized spacial score (nSPS) is 13.1. The van der Waals surface area contributed by atoms with Crippen molar-refractivity contribution in [2.75, 3.05) is 23.3 Å². The summed E-state index contributed by atoms with van der Waals surface area (Å²) in [6.07, 6.45) is 2.71. The number of hydrogen-bond donors (Lipinski definition) is 2. The van der Waals surface area contributed by atoms with Gasteiger partial charge in [0, 0.05) is 30.2 Å². The molecular formula is C28H23F3N4O2. The van der Waals surface area contributed by atoms with Crippen LogP contribution in [0.25, 0.3) is 0 Å². The number of nitrogens with one attached hydrogen (secondary N) is 1. The molecule has 5 rings (SSSR count). The number of aliphatic hydroxyl groups excluding tert-OH is 1. The molecule has 2 aromatic carbocycles. The largest absolute Gasteiger partial charge is 0.385 e. The fraction of sp³-hybridized carbons (Fsp3) is 0.179. The lowest BCUT2D eigenvalue weighted by Crippen LogP contribution is -2.36. The molecule has 2 aromatic heterocycles. The first kappa shape index (κ1) is 24.5. The molecule has 9 heteroatoms. The summed E-state index contributed by atoms with van der Waals surface area (Å²) in [6, 6.07) is 15.7. The molecule has 2 N–H and O–H groups in total. The van der Waals surface area contributed by atoms with Gasteiger partial charge >= 0.3 is 0 Å². The fourth-order valence-electron chi connectivity index (χ4n) is 4.47. The van der Waals surface area contributed by atoms with Gasteiger partial charge in [0.25, 0.3) is 5.91 Å². The summed E-state index contributed by atoms with van der Waals surface area (Å²) in [5.41, 5.74) is 3.49. The second-order valence-electron chi connectivity index (χ2n) is 8.77. The van der Waals surface area contributed by atoms with Gasteiger partial charge in [-0.15, -0.1) is 0 Å². The molecule has 1 aliphatic heterocycles. The molecule has 0 bridgehead atoms. The first-order chi connectivity index (χ1) is 17.9. The zero-order valence-corrected chi connectivity index (χ0v) is 19.7. The summed E-state index contributed by atoms with van der Waals surface area (Å²) in [7, 11) is 0. The highest BCUT2D eigenvalue weighted by Crippen LogP contribution is 2.29. The zero-order valence-electron chi connectivity index (χ0n) is 19.7. The Bertz CT molecular complexity index is 1430. The molecule has 1 amide bonds. The first-order valence-corrected chi connectivity index (χ1v) is 11.8. The van der Waals surface area contributed by atoms with Gasteiger partial charge in [0.1, 0.15) is 11.9 Å². The predicted octanol–water partition coefficient (Wildman–Crippen LogP) is 4.83. The van der Waals surface area contributed by atoms with E-state index >= 15 is 0 Å². The van der Waals surface area contributed by atoms with E-state index in [0.717, 1.165) is 23.4 Å². The van der Waals surface area contributed by atoms with E-state index in [1.807, 2.05) is 6.07 Å². The number of nitrogens with zero attached hydrogens (tertiary/aromatic N) is 3. The molecule has 0 saturated heterocycles. The maximum absolute atomic E-state index is 13.9. The van der Waals surface area contributed by atoms with Gasteiger partial charge in [0.05, 0.1) is 12.2 Å². The van der Waals surface area contributed by atoms with Crippen LogP contribution in [0.2, 0.25) is 0 Å². The third-order valence-corrected chi connectivity index (χ3v) is 6.27. The summed E-state index contributed by atoms with van der Waals surface area (Å²) in [5, 5.41) is 14.2. The molecule has 0 spiro atoms. The number of rotatable bonds is 7. The van der Waals surface area contributed by atoms with Crippen molar-refractivity contribution in [3.63, 3.8) is 0 Å². The summed E-state index contributed by atoms with van der Waals surface area (Å²) >= 11 is 0. The van der Waals surface area contributed by atoms with Crippen LogP contribution >= 0.6 is 0 Å². The molecular weight excluding hydrogens is 481 g/mol. The van der Waals surface area contributed by atoms with E-state index in [2.05, 4.69) is 15.3 Å². The van der Waals surface area contributed by atoms with Crippen molar-refractivity contribution in [3.8, 4) is 0 Å². The van der Waals surface area contributed by atoms with Crippen molar-refractivity contribution in [3.05, 3.63) is 118 Å². The second-order valence-corrected chi connectivity index (χ2v) is 8.77. The maximum Gasteiger partial charge on any atom is 0.259 e. The number of anilines is 2. The van der Waals surface area contributed by atoms with Crippen molar-refractivity contribution >= 4 is 17.4 Å². The molecule has 1 aliphatic rings. The van der Waals surface area contributed by atoms with Crippen molar-refractivity contribution < 1.29 is 23.1 Å². The number of carbonyl (C=O) groups excluding carboxylic acids is 1. The zero-order chi connectivity index (χ0) is 25.9. The SMILES string of the molecule is O=C(c1cccc2c1CCN2)N(CC(O)c1ccccn1)c1cc(Cc2cc(F)c(F)c(F)c2)ccn1. The molecule has 3 heterocycles. The third kappa shape index (κ3) is 5.17. The summed E-state index contributed by atoms with van der Waals surface area (Å²) in [6.45, 7) is 0.595. The van der Waals surface area contributed by atoms with E-state index < -0.39 is 23.6 Å². The van der Waals surface area contributed by atoms with Crippen LogP contribution < -0.4 is 10.2 Å². The number of pyridine rings is 2. The van der Waals surface area contributed by atoms with Gasteiger partial charge in [-0.05, 0) is 78.1 Å². The average molecular weight is 505 g/mol. The Balaban J connectivity index is 1.50. The fourth-order valence-corrected chi connectivity index (χ4v) is 4.47. The number of aromatic nitrogens is 2. The molecule has 0 saturated carbocycles. The van der Waals surface area contributed by atoms with Crippen molar-refractivity contribution in [1.82, 2.24) is 9.97 Å². The highest BCUT2D eigenvalue weighted by molar-refractivity contribution is 6.07. The van der Waals surface area contributed by atoms with Crippen LogP contribution in [-0.2, 0) is 12.8 Å². The van der Waals surface area contributed by atoms with E-state index in [1.54, 1.807) is 48.7 Å². The Labute approximate surface area is 211 Å². The molecule has 188 valence electrons. The Morgan fingerprint density at radius 1 is 0.973 bits per heavy atom. The lowest BCUT2D eigenvalue weighted by molar-refractivity contribution is 0.0959. The molecule has 0 radical (unpaired) electrons. The summed E-state index contributed by atoms with van der Waals surface area (Å²) in [5.74, 6) is -4.16. The molecule has 4 aromatic rings. The van der Waals surface area contributed by atoms with E-state index in [0.29, 0.717) is 29.8 Å². The van der Waals surface area contributed by atoms with E-state index in [4.69, 9.17) is 0 Å². The van der Waals surface area contributed by atoms with Gasteiger partial charge < -0.3 is 10.4 Å². The smallest absolute Gasteiger partial charge is 0.259 e. The Hall–Kier alpha value is -4.24. The second kappa shape index (κ2) is 10.4. The quantitative estimate of drug-likeness (QED) is 0.353. The predicted molar refractivity (Wildman–Crippen MR) is 133 cm³/mol. The minimum atomic E-state index is -1.52. The van der Waals surface area contributed by atoms with Gasteiger partial charge in [-0.1, -0.05) is 12.1 Å². The van der Waals surface area contributed by atoms with Gasteiger partial charge in [0.15, 0.2) is 17.5 Å². The molecule has 6 nitrogen and oxygen atoms in total. The number of halogens is 3. The third-order valence-electron chi connectivity index (χ3n) is 6.27. The van der Waals surface area contributed by atoms with E-state index in [9.17, 15) is 23.1 Å². The Kier molecular flexibility index (Phi) is 6.87. The van der Waals surface area contributed by atoms with Gasteiger partial charge in [-0.3, -0.25) is 14.7 Å². The van der Waals surface area contributed by atoms with Crippen molar-refractivity contribution in [1.29, 1.82) is 0 Å². The number of fused-ring (bicyclic) bond motifs is 1. The molecule has 1 unspecified atom stereocenters. The van der Waals surface area contributed by atoms with Crippen LogP contribution in [0.1, 0.15) is 38.8 Å². The highest BCUT2D eigenvalue weighted by atomic mass is 19.2. The summed E-state index contributed by atoms with van der Waals surface area (Å²) < 4.78 is 40.9. The number of hydrogen-bond acceptors (Lipinski definition) is 5. The lowest BCUT2D eigenvalue weighted by Gasteiger charge is -2.26. The van der Waals surface area contributed by atoms with Crippen LogP contribution in [0.3, 0.4) is 0 Å². The molecule has 0 fully saturated rings. The van der Waals surface area contributed by atoms with Crippen LogP contribution in [0.4, 0.5) is 24.7 Å². The van der Waals surface area contributed by atoms with Gasteiger partial charge in [0.2, 0.25) is 0 Å². The van der Waals surface area contributed by atoms with Gasteiger partial charge in [-0.25, -0.2) is 18.2 Å². The van der Waals surface area contributed by atoms with Crippen LogP contribution in [0, 0.1) is 17.5 Å². The highest BCUT2D eigenvalue weighted by Gasteiger charge is 2.27. The molecule has 1 atom stereocenters. The first-order valence-electron chi connectivity index (χ1n) is 11.8. The minimum Gasteiger partial charge on any atom is -0.385 e. The molecule has 37 heavy (non-hydrogen) atoms. The lowest BCUT2D eigenvalue weighted by atomic mass is 10.0. The average Bonchev–Trinajstić information content (AvgIpc) is 3.40. The molecule has 0 aliphatic carbocycles. The standard InChI is InChI=1S/C28H23F3N4O2/c29-21-13-18(14-22(30)27(21)31)12-17-7-10-34-26(15-17)35(16-25(36)24-5-1-2-9-32-24)28(37)20-4-3-6-23-19(20)8-11-33-23/h1-7,9-10,13-15,25,33,36H,8,11-12,16H2. The van der Waals surface area contributed by atoms with Gasteiger partial charge in [-0.2, -0.15) is 0 Å². The minimum absolute atomic E-state index is 0.0825. The topological polar surface area (TPSA) is 78.4 Å². The summed E-state index contributed by atoms with van der Waals surface area (Å²) in [4.78, 5) is 23.8. The number of amides is 1.